The van der Waals surface area contributed by atoms with Crippen LogP contribution in [0.5, 0.6) is 0 Å². The van der Waals surface area contributed by atoms with E-state index in [0.717, 1.165) is 0 Å². The van der Waals surface area contributed by atoms with Crippen molar-refractivity contribution in [3.8, 4) is 0 Å². The van der Waals surface area contributed by atoms with Crippen molar-refractivity contribution in [1.82, 2.24) is 0 Å². The van der Waals surface area contributed by atoms with Gasteiger partial charge in [-0.15, -0.1) is 0 Å². The lowest BCUT2D eigenvalue weighted by molar-refractivity contribution is 0.104. The molecule has 0 N–H and O–H groups in total. The highest BCUT2D eigenvalue weighted by molar-refractivity contribution is 14.1. The Kier molecular flexibility index (Phi) is 2.46. The van der Waals surface area contributed by atoms with Crippen LogP contribution in [0.4, 0.5) is 0 Å². The van der Waals surface area contributed by atoms with Gasteiger partial charge < -0.3 is 0 Å². The summed E-state index contributed by atoms with van der Waals surface area (Å²) < 4.78 is 24.4. The minimum absolute atomic E-state index is 0.0794. The first-order chi connectivity index (χ1) is 6.96. The molecule has 1 aromatic rings. The number of carbonyl (C=O) groups is 1. The summed E-state index contributed by atoms with van der Waals surface area (Å²) in [6, 6.07) is 6.30. The molecule has 0 aliphatic carbocycles. The maximum atomic E-state index is 12.0. The zero-order valence-corrected chi connectivity index (χ0v) is 10.8. The summed E-state index contributed by atoms with van der Waals surface area (Å²) in [4.78, 5) is 11.9. The van der Waals surface area contributed by atoms with Gasteiger partial charge in [0.1, 0.15) is 4.91 Å². The second kappa shape index (κ2) is 3.41. The molecule has 0 amide bonds. The zero-order valence-electron chi connectivity index (χ0n) is 7.82. The molecule has 0 bridgehead atoms. The van der Waals surface area contributed by atoms with E-state index in [4.69, 9.17) is 0 Å². The van der Waals surface area contributed by atoms with Crippen molar-refractivity contribution >= 4 is 38.2 Å². The molecule has 0 saturated carbocycles. The van der Waals surface area contributed by atoms with Crippen LogP contribution in [0, 0.1) is 0 Å². The van der Waals surface area contributed by atoms with Gasteiger partial charge in [0.25, 0.3) is 0 Å². The Labute approximate surface area is 101 Å². The monoisotopic (exact) mass is 334 g/mol. The number of rotatable bonds is 0. The number of carbonyl (C=O) groups excluding carboxylic acids is 1. The summed E-state index contributed by atoms with van der Waals surface area (Å²) in [6.45, 7) is 1.62. The van der Waals surface area contributed by atoms with Crippen LogP contribution in [0.2, 0.25) is 0 Å². The molecule has 1 aliphatic heterocycles. The predicted molar refractivity (Wildman–Crippen MR) is 64.7 cm³/mol. The van der Waals surface area contributed by atoms with E-state index >= 15 is 0 Å². The fraction of sp³-hybridized carbons (Fsp3) is 0.100. The van der Waals surface area contributed by atoms with E-state index in [2.05, 4.69) is 0 Å². The predicted octanol–water partition coefficient (Wildman–Crippen LogP) is 2.32. The van der Waals surface area contributed by atoms with Gasteiger partial charge in [-0.05, 0) is 41.6 Å². The van der Waals surface area contributed by atoms with Crippen LogP contribution < -0.4 is 0 Å². The van der Waals surface area contributed by atoms with Crippen molar-refractivity contribution in [2.45, 2.75) is 11.8 Å². The number of ketones is 1. The third-order valence-corrected chi connectivity index (χ3v) is 5.08. The first-order valence-corrected chi connectivity index (χ1v) is 6.77. The van der Waals surface area contributed by atoms with Crippen LogP contribution in [0.1, 0.15) is 17.3 Å². The van der Waals surface area contributed by atoms with E-state index in [9.17, 15) is 13.2 Å². The highest BCUT2D eigenvalue weighted by Crippen LogP contribution is 2.36. The van der Waals surface area contributed by atoms with Crippen LogP contribution in [0.3, 0.4) is 0 Å². The van der Waals surface area contributed by atoms with Crippen LogP contribution in [0.25, 0.3) is 0 Å². The molecule has 0 atom stereocenters. The van der Waals surface area contributed by atoms with E-state index in [1.54, 1.807) is 25.1 Å². The number of hydrogen-bond donors (Lipinski definition) is 0. The molecule has 15 heavy (non-hydrogen) atoms. The number of allylic oxidation sites excluding steroid dienone is 2. The lowest BCUT2D eigenvalue weighted by Gasteiger charge is -1.96. The number of benzene rings is 1. The molecule has 0 radical (unpaired) electrons. The average molecular weight is 334 g/mol. The van der Waals surface area contributed by atoms with Crippen LogP contribution in [-0.2, 0) is 9.84 Å². The first-order valence-electron chi connectivity index (χ1n) is 4.21. The molecule has 1 aliphatic rings. The second-order valence-corrected chi connectivity index (χ2v) is 6.66. The Morgan fingerprint density at radius 1 is 1.27 bits per heavy atom. The average Bonchev–Trinajstić information content (AvgIpc) is 2.36. The van der Waals surface area contributed by atoms with Gasteiger partial charge in [-0.25, -0.2) is 8.42 Å². The van der Waals surface area contributed by atoms with Gasteiger partial charge in [0.05, 0.1) is 4.90 Å². The van der Waals surface area contributed by atoms with E-state index in [0.29, 0.717) is 3.58 Å². The molecule has 2 rings (SSSR count). The summed E-state index contributed by atoms with van der Waals surface area (Å²) in [6.07, 6.45) is 0. The molecule has 0 spiro atoms. The SMILES string of the molecule is C/C(I)=C1/C(=O)c2ccccc2S1(=O)=O. The molecular formula is C10H7IO3S. The largest absolute Gasteiger partial charge is 0.288 e. The lowest BCUT2D eigenvalue weighted by atomic mass is 10.1. The van der Waals surface area contributed by atoms with Crippen molar-refractivity contribution in [3.05, 3.63) is 38.3 Å². The summed E-state index contributed by atoms with van der Waals surface area (Å²) in [7, 11) is -3.57. The van der Waals surface area contributed by atoms with E-state index in [1.807, 2.05) is 22.6 Å². The second-order valence-electron chi connectivity index (χ2n) is 3.19. The maximum absolute atomic E-state index is 12.0. The fourth-order valence-electron chi connectivity index (χ4n) is 1.58. The maximum Gasteiger partial charge on any atom is 0.211 e. The molecule has 0 unspecified atom stereocenters. The summed E-state index contributed by atoms with van der Waals surface area (Å²) in [5, 5.41) is 0. The minimum atomic E-state index is -3.57. The van der Waals surface area contributed by atoms with Gasteiger partial charge in [0, 0.05) is 9.14 Å². The molecular weight excluding hydrogens is 327 g/mol. The molecule has 0 fully saturated rings. The van der Waals surface area contributed by atoms with Gasteiger partial charge in [0.15, 0.2) is 0 Å². The standard InChI is InChI=1S/C10H7IO3S/c1-6(11)10-9(12)7-4-2-3-5-8(7)15(10,13)14/h2-5H,1H3/b10-6+. The number of halogens is 1. The van der Waals surface area contributed by atoms with Gasteiger partial charge in [-0.3, -0.25) is 4.79 Å². The Hall–Kier alpha value is -0.690. The smallest absolute Gasteiger partial charge is 0.211 e. The molecule has 3 nitrogen and oxygen atoms in total. The van der Waals surface area contributed by atoms with E-state index in [1.165, 1.54) is 6.07 Å². The zero-order chi connectivity index (χ0) is 11.2. The Morgan fingerprint density at radius 2 is 1.87 bits per heavy atom. The molecule has 1 aromatic carbocycles. The molecule has 0 aromatic heterocycles. The highest BCUT2D eigenvalue weighted by atomic mass is 127. The fourth-order valence-corrected chi connectivity index (χ4v) is 4.35. The van der Waals surface area contributed by atoms with Crippen LogP contribution >= 0.6 is 22.6 Å². The Morgan fingerprint density at radius 3 is 2.40 bits per heavy atom. The normalized spacial score (nSPS) is 21.3. The summed E-state index contributed by atoms with van der Waals surface area (Å²) in [5.74, 6) is -0.391. The number of hydrogen-bond acceptors (Lipinski definition) is 3. The Bertz CT molecular complexity index is 580. The number of sulfone groups is 1. The Balaban J connectivity index is 2.90. The minimum Gasteiger partial charge on any atom is -0.288 e. The number of fused-ring (bicyclic) bond motifs is 1. The van der Waals surface area contributed by atoms with Crippen molar-refractivity contribution in [3.63, 3.8) is 0 Å². The highest BCUT2D eigenvalue weighted by Gasteiger charge is 2.39. The quantitative estimate of drug-likeness (QED) is 0.540. The van der Waals surface area contributed by atoms with Crippen molar-refractivity contribution in [2.24, 2.45) is 0 Å². The third kappa shape index (κ3) is 1.45. The first kappa shape index (κ1) is 10.8. The lowest BCUT2D eigenvalue weighted by Crippen LogP contribution is -2.03. The molecule has 5 heteroatoms. The van der Waals surface area contributed by atoms with Crippen LogP contribution in [0.15, 0.2) is 37.6 Å². The van der Waals surface area contributed by atoms with Gasteiger partial charge in [0.2, 0.25) is 15.6 Å². The van der Waals surface area contributed by atoms with Crippen molar-refractivity contribution in [2.75, 3.05) is 0 Å². The van der Waals surface area contributed by atoms with Crippen molar-refractivity contribution < 1.29 is 13.2 Å². The van der Waals surface area contributed by atoms with Crippen molar-refractivity contribution in [1.29, 1.82) is 0 Å². The summed E-state index contributed by atoms with van der Waals surface area (Å²) in [5.41, 5.74) is 0.281. The third-order valence-electron chi connectivity index (χ3n) is 2.21. The van der Waals surface area contributed by atoms with Gasteiger partial charge in [-0.1, -0.05) is 12.1 Å². The van der Waals surface area contributed by atoms with Crippen LogP contribution in [-0.4, -0.2) is 14.2 Å². The van der Waals surface area contributed by atoms with Gasteiger partial charge in [-0.2, -0.15) is 0 Å². The summed E-state index contributed by atoms with van der Waals surface area (Å²) >= 11 is 1.86. The van der Waals surface area contributed by atoms with Gasteiger partial charge >= 0.3 is 0 Å². The van der Waals surface area contributed by atoms with E-state index in [-0.39, 0.29) is 15.4 Å². The number of Topliss-reactive ketones (excluding diaryl/α,β-unsaturated/α-hetero) is 1. The molecule has 1 heterocycles. The molecule has 0 saturated heterocycles. The van der Waals surface area contributed by atoms with E-state index < -0.39 is 15.6 Å². The topological polar surface area (TPSA) is 51.2 Å². The molecule has 78 valence electrons.